The maximum Gasteiger partial charge on any atom is 0.233 e. The van der Waals surface area contributed by atoms with Gasteiger partial charge in [-0.2, -0.15) is 0 Å². The number of rotatable bonds is 3. The SMILES string of the molecule is O=C(C(=O)c1ccc(Br)c(F)c1)c1ccccc1. The van der Waals surface area contributed by atoms with Gasteiger partial charge in [-0.05, 0) is 34.1 Å². The number of carbonyl (C=O) groups is 2. The van der Waals surface area contributed by atoms with E-state index in [1.807, 2.05) is 0 Å². The third-order valence-electron chi connectivity index (χ3n) is 2.42. The summed E-state index contributed by atoms with van der Waals surface area (Å²) in [6, 6.07) is 12.1. The minimum absolute atomic E-state index is 0.0459. The zero-order valence-electron chi connectivity index (χ0n) is 9.19. The summed E-state index contributed by atoms with van der Waals surface area (Å²) >= 11 is 2.99. The lowest BCUT2D eigenvalue weighted by Crippen LogP contribution is -2.14. The smallest absolute Gasteiger partial charge is 0.233 e. The minimum Gasteiger partial charge on any atom is -0.285 e. The number of halogens is 2. The van der Waals surface area contributed by atoms with Crippen LogP contribution < -0.4 is 0 Å². The molecule has 0 heterocycles. The molecule has 0 aliphatic heterocycles. The van der Waals surface area contributed by atoms with Gasteiger partial charge in [-0.15, -0.1) is 0 Å². The highest BCUT2D eigenvalue weighted by Crippen LogP contribution is 2.17. The van der Waals surface area contributed by atoms with E-state index in [0.29, 0.717) is 5.56 Å². The van der Waals surface area contributed by atoms with E-state index in [-0.39, 0.29) is 10.0 Å². The van der Waals surface area contributed by atoms with Crippen molar-refractivity contribution in [2.75, 3.05) is 0 Å². The van der Waals surface area contributed by atoms with Crippen LogP contribution in [0.5, 0.6) is 0 Å². The van der Waals surface area contributed by atoms with E-state index in [4.69, 9.17) is 0 Å². The van der Waals surface area contributed by atoms with Crippen LogP contribution in [0.4, 0.5) is 4.39 Å². The van der Waals surface area contributed by atoms with Gasteiger partial charge in [0.25, 0.3) is 0 Å². The average Bonchev–Trinajstić information content (AvgIpc) is 2.41. The van der Waals surface area contributed by atoms with Crippen molar-refractivity contribution in [3.63, 3.8) is 0 Å². The summed E-state index contributed by atoms with van der Waals surface area (Å²) < 4.78 is 13.6. The molecule has 0 amide bonds. The molecule has 0 spiro atoms. The molecule has 2 aromatic rings. The first kappa shape index (κ1) is 12.6. The van der Waals surface area contributed by atoms with Crippen molar-refractivity contribution >= 4 is 27.5 Å². The van der Waals surface area contributed by atoms with E-state index < -0.39 is 17.4 Å². The van der Waals surface area contributed by atoms with Gasteiger partial charge in [0.15, 0.2) is 0 Å². The van der Waals surface area contributed by atoms with Crippen LogP contribution in [0.15, 0.2) is 53.0 Å². The van der Waals surface area contributed by atoms with Gasteiger partial charge in [-0.3, -0.25) is 9.59 Å². The van der Waals surface area contributed by atoms with E-state index in [1.165, 1.54) is 12.1 Å². The maximum atomic E-state index is 13.3. The van der Waals surface area contributed by atoms with Gasteiger partial charge in [-0.25, -0.2) is 4.39 Å². The van der Waals surface area contributed by atoms with Crippen LogP contribution in [0, 0.1) is 5.82 Å². The van der Waals surface area contributed by atoms with Gasteiger partial charge in [0.2, 0.25) is 11.6 Å². The Morgan fingerprint density at radius 1 is 0.889 bits per heavy atom. The van der Waals surface area contributed by atoms with E-state index in [0.717, 1.165) is 6.07 Å². The maximum absolute atomic E-state index is 13.3. The molecule has 0 N–H and O–H groups in total. The lowest BCUT2D eigenvalue weighted by Gasteiger charge is -2.01. The van der Waals surface area contributed by atoms with Gasteiger partial charge in [0.1, 0.15) is 5.82 Å². The Morgan fingerprint density at radius 3 is 2.11 bits per heavy atom. The molecule has 0 aromatic heterocycles. The van der Waals surface area contributed by atoms with Crippen molar-refractivity contribution in [2.24, 2.45) is 0 Å². The Bertz CT molecular complexity index is 608. The molecule has 2 rings (SSSR count). The Kier molecular flexibility index (Phi) is 3.67. The molecule has 0 saturated carbocycles. The molecule has 0 radical (unpaired) electrons. The van der Waals surface area contributed by atoms with Gasteiger partial charge in [-0.1, -0.05) is 30.3 Å². The quantitative estimate of drug-likeness (QED) is 0.640. The van der Waals surface area contributed by atoms with Gasteiger partial charge < -0.3 is 0 Å². The number of ketones is 2. The van der Waals surface area contributed by atoms with E-state index >= 15 is 0 Å². The molecular weight excluding hydrogens is 299 g/mol. The molecule has 2 aromatic carbocycles. The second-order valence-electron chi connectivity index (χ2n) is 3.65. The predicted octanol–water partition coefficient (Wildman–Crippen LogP) is 3.65. The summed E-state index contributed by atoms with van der Waals surface area (Å²) in [6.45, 7) is 0. The third-order valence-corrected chi connectivity index (χ3v) is 3.07. The normalized spacial score (nSPS) is 10.1. The number of Topliss-reactive ketones (excluding diaryl/α,β-unsaturated/α-hetero) is 2. The van der Waals surface area contributed by atoms with Crippen LogP contribution in [-0.2, 0) is 0 Å². The van der Waals surface area contributed by atoms with E-state index in [1.54, 1.807) is 30.3 Å². The minimum atomic E-state index is -0.715. The average molecular weight is 307 g/mol. The van der Waals surface area contributed by atoms with Crippen LogP contribution in [0.25, 0.3) is 0 Å². The first-order valence-electron chi connectivity index (χ1n) is 5.18. The molecule has 2 nitrogen and oxygen atoms in total. The first-order chi connectivity index (χ1) is 8.59. The van der Waals surface area contributed by atoms with Crippen molar-refractivity contribution in [1.29, 1.82) is 0 Å². The lowest BCUT2D eigenvalue weighted by molar-refractivity contribution is 0.0816. The number of benzene rings is 2. The van der Waals surface area contributed by atoms with Crippen molar-refractivity contribution in [3.8, 4) is 0 Å². The summed E-state index contributed by atoms with van der Waals surface area (Å²) in [6.07, 6.45) is 0. The highest BCUT2D eigenvalue weighted by Gasteiger charge is 2.18. The van der Waals surface area contributed by atoms with Crippen molar-refractivity contribution < 1.29 is 14.0 Å². The van der Waals surface area contributed by atoms with Crippen molar-refractivity contribution in [1.82, 2.24) is 0 Å². The number of carbonyl (C=O) groups excluding carboxylic acids is 2. The third kappa shape index (κ3) is 2.54. The Hall–Kier alpha value is -1.81. The standard InChI is InChI=1S/C14H8BrFO2/c15-11-7-6-10(8-12(11)16)14(18)13(17)9-4-2-1-3-5-9/h1-8H. The van der Waals surface area contributed by atoms with Gasteiger partial charge in [0.05, 0.1) is 4.47 Å². The van der Waals surface area contributed by atoms with E-state index in [2.05, 4.69) is 15.9 Å². The topological polar surface area (TPSA) is 34.1 Å². The molecule has 90 valence electrons. The zero-order chi connectivity index (χ0) is 13.1. The lowest BCUT2D eigenvalue weighted by atomic mass is 10.0. The largest absolute Gasteiger partial charge is 0.285 e. The monoisotopic (exact) mass is 306 g/mol. The number of hydrogen-bond donors (Lipinski definition) is 0. The highest BCUT2D eigenvalue weighted by atomic mass is 79.9. The second kappa shape index (κ2) is 5.23. The Morgan fingerprint density at radius 2 is 1.50 bits per heavy atom. The summed E-state index contributed by atoms with van der Waals surface area (Å²) in [5.74, 6) is -1.92. The predicted molar refractivity (Wildman–Crippen MR) is 69.2 cm³/mol. The molecule has 0 aliphatic carbocycles. The van der Waals surface area contributed by atoms with Crippen LogP contribution >= 0.6 is 15.9 Å². The molecule has 0 atom stereocenters. The molecule has 4 heteroatoms. The Labute approximate surface area is 112 Å². The molecule has 0 bridgehead atoms. The molecular formula is C14H8BrFO2. The fourth-order valence-corrected chi connectivity index (χ4v) is 1.74. The summed E-state index contributed by atoms with van der Waals surface area (Å²) in [5.41, 5.74) is 0.343. The fraction of sp³-hybridized carbons (Fsp3) is 0. The summed E-state index contributed by atoms with van der Waals surface area (Å²) in [5, 5.41) is 0. The zero-order valence-corrected chi connectivity index (χ0v) is 10.8. The van der Waals surface area contributed by atoms with Crippen molar-refractivity contribution in [3.05, 3.63) is 69.9 Å². The summed E-state index contributed by atoms with van der Waals surface area (Å²) in [4.78, 5) is 23.7. The highest BCUT2D eigenvalue weighted by molar-refractivity contribution is 9.10. The van der Waals surface area contributed by atoms with Gasteiger partial charge >= 0.3 is 0 Å². The second-order valence-corrected chi connectivity index (χ2v) is 4.51. The van der Waals surface area contributed by atoms with Gasteiger partial charge in [0, 0.05) is 11.1 Å². The van der Waals surface area contributed by atoms with Crippen LogP contribution in [0.1, 0.15) is 20.7 Å². The Balaban J connectivity index is 2.32. The molecule has 0 saturated heterocycles. The van der Waals surface area contributed by atoms with Crippen LogP contribution in [0.3, 0.4) is 0 Å². The molecule has 18 heavy (non-hydrogen) atoms. The van der Waals surface area contributed by atoms with Crippen molar-refractivity contribution in [2.45, 2.75) is 0 Å². The number of hydrogen-bond acceptors (Lipinski definition) is 2. The summed E-state index contributed by atoms with van der Waals surface area (Å²) in [7, 11) is 0. The van der Waals surface area contributed by atoms with Crippen LogP contribution in [-0.4, -0.2) is 11.6 Å². The first-order valence-corrected chi connectivity index (χ1v) is 5.98. The van der Waals surface area contributed by atoms with Crippen LogP contribution in [0.2, 0.25) is 0 Å². The molecule has 0 aliphatic rings. The van der Waals surface area contributed by atoms with E-state index in [9.17, 15) is 14.0 Å². The molecule has 0 unspecified atom stereocenters. The molecule has 0 fully saturated rings. The fourth-order valence-electron chi connectivity index (χ4n) is 1.49.